The van der Waals surface area contributed by atoms with Crippen molar-refractivity contribution in [1.29, 1.82) is 0 Å². The highest BCUT2D eigenvalue weighted by Crippen LogP contribution is 2.36. The molecule has 0 saturated heterocycles. The van der Waals surface area contributed by atoms with Crippen molar-refractivity contribution in [2.45, 2.75) is 18.2 Å². The van der Waals surface area contributed by atoms with Crippen LogP contribution in [0.1, 0.15) is 33.4 Å². The summed E-state index contributed by atoms with van der Waals surface area (Å²) >= 11 is 9.53. The maximum absolute atomic E-state index is 12.7. The van der Waals surface area contributed by atoms with Crippen molar-refractivity contribution in [1.82, 2.24) is 4.72 Å². The predicted octanol–water partition coefficient (Wildman–Crippen LogP) is 8.47. The number of hydrogen-bond donors (Lipinski definition) is 1. The largest absolute Gasteiger partial charge is 0.274 e. The van der Waals surface area contributed by atoms with E-state index in [1.54, 1.807) is 12.1 Å². The molecule has 0 atom stereocenters. The smallest absolute Gasteiger partial charge is 0.264 e. The molecule has 0 fully saturated rings. The Labute approximate surface area is 263 Å². The molecule has 43 heavy (non-hydrogen) atoms. The summed E-state index contributed by atoms with van der Waals surface area (Å²) in [5.74, 6) is -0.582. The number of amides is 1. The van der Waals surface area contributed by atoms with Crippen LogP contribution in [0, 0.1) is 6.92 Å². The number of carbonyl (C=O) groups is 1. The Balaban J connectivity index is 0.00000135. The van der Waals surface area contributed by atoms with Crippen molar-refractivity contribution in [3.05, 3.63) is 173 Å². The van der Waals surface area contributed by atoms with Crippen molar-refractivity contribution in [2.24, 2.45) is 0 Å². The summed E-state index contributed by atoms with van der Waals surface area (Å²) in [6.07, 6.45) is -0.0556. The van der Waals surface area contributed by atoms with Crippen molar-refractivity contribution in [3.8, 4) is 0 Å². The number of rotatable bonds is 8. The molecular formula is C36H31Cl2NO3S. The summed E-state index contributed by atoms with van der Waals surface area (Å²) in [5.41, 5.74) is 8.07. The highest BCUT2D eigenvalue weighted by molar-refractivity contribution is 7.90. The van der Waals surface area contributed by atoms with E-state index in [0.717, 1.165) is 39.0 Å². The van der Waals surface area contributed by atoms with Crippen LogP contribution in [0.5, 0.6) is 0 Å². The van der Waals surface area contributed by atoms with Crippen LogP contribution < -0.4 is 4.72 Å². The molecule has 4 nitrogen and oxygen atoms in total. The number of aryl methyl sites for hydroxylation is 1. The van der Waals surface area contributed by atoms with Crippen LogP contribution in [0.2, 0.25) is 0 Å². The van der Waals surface area contributed by atoms with Gasteiger partial charge in [0.25, 0.3) is 10.0 Å². The number of halogens is 2. The van der Waals surface area contributed by atoms with Crippen LogP contribution in [0.15, 0.2) is 144 Å². The molecule has 0 heterocycles. The first-order valence-electron chi connectivity index (χ1n) is 13.6. The van der Waals surface area contributed by atoms with Gasteiger partial charge in [0.15, 0.2) is 0 Å². The Bertz CT molecular complexity index is 1710. The number of nitrogens with one attached hydrogen (secondary N) is 1. The molecule has 0 aliphatic rings. The van der Waals surface area contributed by atoms with Gasteiger partial charge in [-0.05, 0) is 58.0 Å². The minimum Gasteiger partial charge on any atom is -0.274 e. The second-order valence-electron chi connectivity index (χ2n) is 9.66. The topological polar surface area (TPSA) is 63.2 Å². The van der Waals surface area contributed by atoms with Gasteiger partial charge in [-0.25, -0.2) is 13.1 Å². The van der Waals surface area contributed by atoms with Crippen LogP contribution in [-0.4, -0.2) is 19.7 Å². The maximum Gasteiger partial charge on any atom is 0.264 e. The molecule has 0 spiro atoms. The molecule has 5 aromatic carbocycles. The van der Waals surface area contributed by atoms with E-state index in [2.05, 4.69) is 41.1 Å². The molecule has 1 amide bonds. The molecule has 0 unspecified atom stereocenters. The number of carbonyl (C=O) groups excluding carboxylic acids is 1. The minimum absolute atomic E-state index is 0.0556. The van der Waals surface area contributed by atoms with E-state index in [-0.39, 0.29) is 16.7 Å². The lowest BCUT2D eigenvalue weighted by Gasteiger charge is -2.18. The van der Waals surface area contributed by atoms with E-state index >= 15 is 0 Å². The summed E-state index contributed by atoms with van der Waals surface area (Å²) in [6.45, 7) is 1.87. The first-order valence-corrected chi connectivity index (χ1v) is 16.1. The Hall–Kier alpha value is -4.16. The average molecular weight is 629 g/mol. The van der Waals surface area contributed by atoms with E-state index in [9.17, 15) is 13.2 Å². The number of sulfonamides is 1. The third-order valence-corrected chi connectivity index (χ3v) is 8.01. The zero-order valence-corrected chi connectivity index (χ0v) is 25.9. The van der Waals surface area contributed by atoms with Gasteiger partial charge in [-0.3, -0.25) is 4.79 Å². The summed E-state index contributed by atoms with van der Waals surface area (Å²) in [7, 11) is -3.93. The van der Waals surface area contributed by atoms with E-state index in [0.29, 0.717) is 5.56 Å². The van der Waals surface area contributed by atoms with Gasteiger partial charge >= 0.3 is 0 Å². The second kappa shape index (κ2) is 15.4. The molecule has 0 bridgehead atoms. The summed E-state index contributed by atoms with van der Waals surface area (Å²) in [4.78, 5) is 12.8. The van der Waals surface area contributed by atoms with Gasteiger partial charge < -0.3 is 0 Å². The Kier molecular flexibility index (Phi) is 11.3. The first kappa shape index (κ1) is 31.8. The van der Waals surface area contributed by atoms with Gasteiger partial charge in [0.05, 0.1) is 16.7 Å². The van der Waals surface area contributed by atoms with Gasteiger partial charge in [0, 0.05) is 0 Å². The SMILES string of the molecule is Cc1ccc(S(=O)(=O)NC(=O)Cc2ccc(C(=C(c3ccccc3)c3ccccc3)c3ccccc3)cc2)cc1.ClCCl. The standard InChI is InChI=1S/C35H29NO3S.CH2Cl2/c1-26-17-23-32(24-18-26)40(38,39)36-33(37)25-27-19-21-31(22-20-27)35(30-15-9-4-10-16-30)34(28-11-5-2-6-12-28)29-13-7-3-8-14-29;2-1-3/h2-24H,25H2,1H3,(H,36,37);1H2. The molecule has 7 heteroatoms. The minimum atomic E-state index is -3.93. The molecule has 0 aliphatic heterocycles. The maximum atomic E-state index is 12.7. The number of hydrogen-bond acceptors (Lipinski definition) is 3. The van der Waals surface area contributed by atoms with E-state index < -0.39 is 15.9 Å². The fraction of sp³-hybridized carbons (Fsp3) is 0.0833. The summed E-state index contributed by atoms with van der Waals surface area (Å²) in [5, 5.41) is 0.194. The van der Waals surface area contributed by atoms with Crippen LogP contribution >= 0.6 is 23.2 Å². The number of alkyl halides is 2. The zero-order chi connectivity index (χ0) is 30.7. The van der Waals surface area contributed by atoms with Gasteiger partial charge in [-0.15, -0.1) is 23.2 Å². The quantitative estimate of drug-likeness (QED) is 0.139. The van der Waals surface area contributed by atoms with Gasteiger partial charge in [-0.2, -0.15) is 0 Å². The van der Waals surface area contributed by atoms with Gasteiger partial charge in [0.1, 0.15) is 0 Å². The zero-order valence-electron chi connectivity index (χ0n) is 23.6. The van der Waals surface area contributed by atoms with E-state index in [1.807, 2.05) is 85.8 Å². The van der Waals surface area contributed by atoms with Gasteiger partial charge in [0.2, 0.25) is 5.91 Å². The molecule has 5 aromatic rings. The molecule has 0 aliphatic carbocycles. The lowest BCUT2D eigenvalue weighted by Crippen LogP contribution is -2.31. The molecular weight excluding hydrogens is 597 g/mol. The van der Waals surface area contributed by atoms with Crippen molar-refractivity contribution >= 4 is 50.3 Å². The Morgan fingerprint density at radius 2 is 0.953 bits per heavy atom. The molecule has 1 N–H and O–H groups in total. The van der Waals surface area contributed by atoms with Crippen molar-refractivity contribution in [3.63, 3.8) is 0 Å². The monoisotopic (exact) mass is 627 g/mol. The van der Waals surface area contributed by atoms with Gasteiger partial charge in [-0.1, -0.05) is 133 Å². The predicted molar refractivity (Wildman–Crippen MR) is 178 cm³/mol. The average Bonchev–Trinajstić information content (AvgIpc) is 3.02. The fourth-order valence-electron chi connectivity index (χ4n) is 4.66. The third-order valence-electron chi connectivity index (χ3n) is 6.62. The lowest BCUT2D eigenvalue weighted by atomic mass is 9.85. The van der Waals surface area contributed by atoms with Crippen molar-refractivity contribution < 1.29 is 13.2 Å². The van der Waals surface area contributed by atoms with Crippen LogP contribution in [-0.2, 0) is 21.2 Å². The second-order valence-corrected chi connectivity index (χ2v) is 12.2. The Morgan fingerprint density at radius 1 is 0.581 bits per heavy atom. The number of benzene rings is 5. The van der Waals surface area contributed by atoms with E-state index in [4.69, 9.17) is 23.2 Å². The molecule has 0 aromatic heterocycles. The third kappa shape index (κ3) is 8.68. The first-order chi connectivity index (χ1) is 20.8. The molecule has 218 valence electrons. The summed E-state index contributed by atoms with van der Waals surface area (Å²) < 4.78 is 27.5. The van der Waals surface area contributed by atoms with Crippen LogP contribution in [0.25, 0.3) is 11.1 Å². The molecule has 5 rings (SSSR count). The lowest BCUT2D eigenvalue weighted by molar-refractivity contribution is -0.118. The highest BCUT2D eigenvalue weighted by Gasteiger charge is 2.19. The van der Waals surface area contributed by atoms with E-state index in [1.165, 1.54) is 12.1 Å². The van der Waals surface area contributed by atoms with Crippen LogP contribution in [0.3, 0.4) is 0 Å². The molecule has 0 saturated carbocycles. The Morgan fingerprint density at radius 3 is 1.35 bits per heavy atom. The fourth-order valence-corrected chi connectivity index (χ4v) is 5.65. The normalized spacial score (nSPS) is 10.7. The highest BCUT2D eigenvalue weighted by atomic mass is 35.5. The summed E-state index contributed by atoms with van der Waals surface area (Å²) in [6, 6.07) is 45.0. The van der Waals surface area contributed by atoms with Crippen LogP contribution in [0.4, 0.5) is 0 Å². The van der Waals surface area contributed by atoms with Crippen molar-refractivity contribution in [2.75, 3.05) is 5.34 Å². The molecule has 0 radical (unpaired) electrons.